The highest BCUT2D eigenvalue weighted by Crippen LogP contribution is 2.52. The number of methoxy groups -OCH3 is 2. The van der Waals surface area contributed by atoms with Gasteiger partial charge in [-0.05, 0) is 41.2 Å². The van der Waals surface area contributed by atoms with Gasteiger partial charge in [0.15, 0.2) is 11.5 Å². The van der Waals surface area contributed by atoms with Crippen LogP contribution in [-0.4, -0.2) is 31.6 Å². The Morgan fingerprint density at radius 3 is 2.67 bits per heavy atom. The van der Waals surface area contributed by atoms with Gasteiger partial charge in [0.25, 0.3) is 0 Å². The van der Waals surface area contributed by atoms with Crippen LogP contribution < -0.4 is 9.47 Å². The highest BCUT2D eigenvalue weighted by Gasteiger charge is 2.38. The highest BCUT2D eigenvalue weighted by atomic mass is 16.5. The Morgan fingerprint density at radius 2 is 1.96 bits per heavy atom. The third kappa shape index (κ3) is 2.02. The molecule has 24 heavy (non-hydrogen) atoms. The van der Waals surface area contributed by atoms with Crippen molar-refractivity contribution < 1.29 is 14.3 Å². The predicted molar refractivity (Wildman–Crippen MR) is 92.5 cm³/mol. The maximum absolute atomic E-state index is 12.2. The van der Waals surface area contributed by atoms with Gasteiger partial charge in [-0.15, -0.1) is 0 Å². The highest BCUT2D eigenvalue weighted by molar-refractivity contribution is 5.85. The minimum atomic E-state index is 0.0796. The zero-order valence-corrected chi connectivity index (χ0v) is 14.3. The summed E-state index contributed by atoms with van der Waals surface area (Å²) in [7, 11) is 3.35. The average molecular weight is 323 g/mol. The van der Waals surface area contributed by atoms with Gasteiger partial charge in [0.2, 0.25) is 5.91 Å². The zero-order valence-electron chi connectivity index (χ0n) is 14.3. The standard InChI is InChI=1S/C20H21NO3/c1-12(22)21-9-8-14-11-17(23-2)20(24-3)19-15-7-5-4-6-13(15)10-16(21)18(14)19/h4-7,11,16H,8-10H2,1-3H3/t16-/m0/s1. The van der Waals surface area contributed by atoms with Gasteiger partial charge in [0, 0.05) is 19.0 Å². The topological polar surface area (TPSA) is 38.8 Å². The zero-order chi connectivity index (χ0) is 16.8. The van der Waals surface area contributed by atoms with Crippen molar-refractivity contribution in [3.63, 3.8) is 0 Å². The first-order valence-electron chi connectivity index (χ1n) is 8.29. The molecule has 0 fully saturated rings. The van der Waals surface area contributed by atoms with Crippen LogP contribution in [0.3, 0.4) is 0 Å². The van der Waals surface area contributed by atoms with Crippen LogP contribution in [0.1, 0.15) is 29.7 Å². The molecule has 124 valence electrons. The van der Waals surface area contributed by atoms with E-state index in [0.717, 1.165) is 36.4 Å². The van der Waals surface area contributed by atoms with Crippen LogP contribution in [-0.2, 0) is 17.6 Å². The van der Waals surface area contributed by atoms with Gasteiger partial charge in [-0.1, -0.05) is 24.3 Å². The van der Waals surface area contributed by atoms with E-state index in [2.05, 4.69) is 30.3 Å². The largest absolute Gasteiger partial charge is 0.493 e. The molecule has 1 amide bonds. The fraction of sp³-hybridized carbons (Fsp3) is 0.350. The van der Waals surface area contributed by atoms with E-state index in [0.29, 0.717) is 0 Å². The smallest absolute Gasteiger partial charge is 0.219 e. The summed E-state index contributed by atoms with van der Waals surface area (Å²) in [5.74, 6) is 1.66. The summed E-state index contributed by atoms with van der Waals surface area (Å²) in [4.78, 5) is 14.2. The van der Waals surface area contributed by atoms with Gasteiger partial charge in [0.05, 0.1) is 20.3 Å². The van der Waals surface area contributed by atoms with E-state index in [4.69, 9.17) is 9.47 Å². The molecule has 1 aliphatic carbocycles. The molecule has 0 spiro atoms. The number of rotatable bonds is 2. The number of hydrogen-bond donors (Lipinski definition) is 0. The van der Waals surface area contributed by atoms with Crippen molar-refractivity contribution >= 4 is 5.91 Å². The van der Waals surface area contributed by atoms with Gasteiger partial charge in [-0.2, -0.15) is 0 Å². The van der Waals surface area contributed by atoms with E-state index in [1.54, 1.807) is 21.1 Å². The first kappa shape index (κ1) is 15.1. The summed E-state index contributed by atoms with van der Waals surface area (Å²) in [5, 5.41) is 0. The summed E-state index contributed by atoms with van der Waals surface area (Å²) in [6.45, 7) is 2.41. The second kappa shape index (κ2) is 5.55. The average Bonchev–Trinajstić information content (AvgIpc) is 2.60. The Balaban J connectivity index is 2.06. The maximum Gasteiger partial charge on any atom is 0.219 e. The third-order valence-corrected chi connectivity index (χ3v) is 5.23. The van der Waals surface area contributed by atoms with Crippen molar-refractivity contribution in [2.45, 2.75) is 25.8 Å². The van der Waals surface area contributed by atoms with Gasteiger partial charge in [-0.3, -0.25) is 4.79 Å². The lowest BCUT2D eigenvalue weighted by Gasteiger charge is -2.42. The van der Waals surface area contributed by atoms with Gasteiger partial charge in [0.1, 0.15) is 0 Å². The fourth-order valence-electron chi connectivity index (χ4n) is 4.21. The van der Waals surface area contributed by atoms with Crippen LogP contribution in [0.25, 0.3) is 11.1 Å². The lowest BCUT2D eigenvalue weighted by atomic mass is 9.76. The molecule has 4 heteroatoms. The Kier molecular flexibility index (Phi) is 3.48. The van der Waals surface area contributed by atoms with Crippen molar-refractivity contribution in [1.29, 1.82) is 0 Å². The minimum absolute atomic E-state index is 0.0796. The van der Waals surface area contributed by atoms with E-state index < -0.39 is 0 Å². The summed E-state index contributed by atoms with van der Waals surface area (Å²) >= 11 is 0. The number of benzene rings is 2. The van der Waals surface area contributed by atoms with Crippen molar-refractivity contribution in [3.05, 3.63) is 47.0 Å². The van der Waals surface area contributed by atoms with Crippen LogP contribution in [0.2, 0.25) is 0 Å². The quantitative estimate of drug-likeness (QED) is 0.850. The molecule has 0 saturated carbocycles. The van der Waals surface area contributed by atoms with Crippen LogP contribution in [0, 0.1) is 0 Å². The van der Waals surface area contributed by atoms with E-state index in [1.807, 2.05) is 4.90 Å². The number of hydrogen-bond acceptors (Lipinski definition) is 3. The van der Waals surface area contributed by atoms with Crippen molar-refractivity contribution in [3.8, 4) is 22.6 Å². The van der Waals surface area contributed by atoms with E-state index in [1.165, 1.54) is 22.3 Å². The number of fused-ring (bicyclic) bond motifs is 2. The number of carbonyl (C=O) groups excluding carboxylic acids is 1. The normalized spacial score (nSPS) is 17.8. The first-order chi connectivity index (χ1) is 11.7. The second-order valence-corrected chi connectivity index (χ2v) is 6.40. The van der Waals surface area contributed by atoms with Crippen LogP contribution >= 0.6 is 0 Å². The predicted octanol–water partition coefficient (Wildman–Crippen LogP) is 3.37. The molecule has 0 N–H and O–H groups in total. The SMILES string of the molecule is COc1cc2c3c(c1OC)-c1ccccc1C[C@@H]3N(C(C)=O)CC2. The third-order valence-electron chi connectivity index (χ3n) is 5.23. The number of amides is 1. The van der Waals surface area contributed by atoms with Crippen molar-refractivity contribution in [1.82, 2.24) is 4.90 Å². The molecular weight excluding hydrogens is 302 g/mol. The van der Waals surface area contributed by atoms with Crippen LogP contribution in [0.15, 0.2) is 30.3 Å². The molecule has 4 nitrogen and oxygen atoms in total. The summed E-state index contributed by atoms with van der Waals surface area (Å²) in [6, 6.07) is 10.5. The van der Waals surface area contributed by atoms with Gasteiger partial charge in [-0.25, -0.2) is 0 Å². The Labute approximate surface area is 142 Å². The molecule has 1 aliphatic heterocycles. The van der Waals surface area contributed by atoms with Gasteiger partial charge >= 0.3 is 0 Å². The molecule has 0 aromatic heterocycles. The molecule has 0 bridgehead atoms. The number of nitrogens with zero attached hydrogens (tertiary/aromatic N) is 1. The van der Waals surface area contributed by atoms with Gasteiger partial charge < -0.3 is 14.4 Å². The van der Waals surface area contributed by atoms with Crippen LogP contribution in [0.4, 0.5) is 0 Å². The van der Waals surface area contributed by atoms with E-state index in [-0.39, 0.29) is 11.9 Å². The lowest BCUT2D eigenvalue weighted by Crippen LogP contribution is -2.41. The molecular formula is C20H21NO3. The molecule has 4 rings (SSSR count). The minimum Gasteiger partial charge on any atom is -0.493 e. The Morgan fingerprint density at radius 1 is 1.17 bits per heavy atom. The number of carbonyl (C=O) groups is 1. The summed E-state index contributed by atoms with van der Waals surface area (Å²) < 4.78 is 11.3. The fourth-order valence-corrected chi connectivity index (χ4v) is 4.21. The van der Waals surface area contributed by atoms with Crippen molar-refractivity contribution in [2.75, 3.05) is 20.8 Å². The Hall–Kier alpha value is -2.49. The maximum atomic E-state index is 12.2. The van der Waals surface area contributed by atoms with E-state index >= 15 is 0 Å². The lowest BCUT2D eigenvalue weighted by molar-refractivity contribution is -0.131. The molecule has 0 radical (unpaired) electrons. The molecule has 1 atom stereocenters. The number of ether oxygens (including phenoxy) is 2. The van der Waals surface area contributed by atoms with Crippen molar-refractivity contribution in [2.24, 2.45) is 0 Å². The molecule has 2 aliphatic rings. The molecule has 0 unspecified atom stereocenters. The first-order valence-corrected chi connectivity index (χ1v) is 8.29. The molecule has 0 saturated heterocycles. The second-order valence-electron chi connectivity index (χ2n) is 6.40. The molecule has 2 aromatic carbocycles. The summed E-state index contributed by atoms with van der Waals surface area (Å²) in [5.41, 5.74) is 6.02. The monoisotopic (exact) mass is 323 g/mol. The summed E-state index contributed by atoms with van der Waals surface area (Å²) in [6.07, 6.45) is 1.70. The van der Waals surface area contributed by atoms with E-state index in [9.17, 15) is 4.79 Å². The molecule has 1 heterocycles. The van der Waals surface area contributed by atoms with Crippen LogP contribution in [0.5, 0.6) is 11.5 Å². The Bertz CT molecular complexity index is 828. The molecule has 2 aromatic rings.